The molecule has 4 aromatic carbocycles. The summed E-state index contributed by atoms with van der Waals surface area (Å²) in [7, 11) is 0. The lowest BCUT2D eigenvalue weighted by molar-refractivity contribution is 0.0926. The zero-order valence-electron chi connectivity index (χ0n) is 19.0. The molecule has 6 heteroatoms. The normalized spacial score (nSPS) is 13.1. The number of fused-ring (bicyclic) bond motifs is 4. The summed E-state index contributed by atoms with van der Waals surface area (Å²) in [5.41, 5.74) is 5.70. The molecule has 0 aliphatic carbocycles. The molecular formula is C30H18N4O2. The van der Waals surface area contributed by atoms with Crippen LogP contribution >= 0.6 is 0 Å². The van der Waals surface area contributed by atoms with Gasteiger partial charge in [0.15, 0.2) is 0 Å². The molecule has 0 bridgehead atoms. The number of rotatable bonds is 3. The first-order valence-electron chi connectivity index (χ1n) is 11.6. The molecule has 3 heterocycles. The molecule has 7 rings (SSSR count). The predicted octanol–water partition coefficient (Wildman–Crippen LogP) is 6.04. The zero-order chi connectivity index (χ0) is 24.2. The highest BCUT2D eigenvalue weighted by atomic mass is 16.2. The smallest absolute Gasteiger partial charge is 0.268 e. The number of aromatic nitrogens is 3. The molecular weight excluding hydrogens is 448 g/mol. The van der Waals surface area contributed by atoms with Gasteiger partial charge in [0.25, 0.3) is 11.8 Å². The van der Waals surface area contributed by atoms with Crippen molar-refractivity contribution in [1.29, 1.82) is 0 Å². The molecule has 0 N–H and O–H groups in total. The van der Waals surface area contributed by atoms with Gasteiger partial charge in [-0.3, -0.25) is 9.59 Å². The summed E-state index contributed by atoms with van der Waals surface area (Å²) in [6.45, 7) is 0. The highest BCUT2D eigenvalue weighted by Gasteiger charge is 2.39. The van der Waals surface area contributed by atoms with E-state index in [0.29, 0.717) is 22.5 Å². The third kappa shape index (κ3) is 2.78. The van der Waals surface area contributed by atoms with Crippen LogP contribution in [0.3, 0.4) is 0 Å². The maximum atomic E-state index is 13.8. The molecule has 0 atom stereocenters. The maximum absolute atomic E-state index is 13.8. The Kier molecular flexibility index (Phi) is 4.35. The number of hydrogen-bond acceptors (Lipinski definition) is 4. The fourth-order valence-corrected chi connectivity index (χ4v) is 5.21. The Morgan fingerprint density at radius 2 is 1.31 bits per heavy atom. The molecule has 2 aromatic heterocycles. The topological polar surface area (TPSA) is 68.1 Å². The van der Waals surface area contributed by atoms with Crippen LogP contribution in [0.25, 0.3) is 38.6 Å². The van der Waals surface area contributed by atoms with Gasteiger partial charge >= 0.3 is 0 Å². The standard InChI is InChI=1S/C30H18N4O2/c35-29-24-13-7-15-26(27(24)30(36)33(29)20-8-2-1-3-9-20)34-25-14-5-4-10-22(25)23-12-6-11-21(28(23)34)19-16-31-18-32-17-19/h1-18H. The van der Waals surface area contributed by atoms with Crippen LogP contribution in [-0.2, 0) is 0 Å². The van der Waals surface area contributed by atoms with E-state index in [-0.39, 0.29) is 11.8 Å². The van der Waals surface area contributed by atoms with Crippen LogP contribution in [0, 0.1) is 0 Å². The van der Waals surface area contributed by atoms with E-state index in [1.54, 1.807) is 30.6 Å². The first kappa shape index (κ1) is 20.3. The van der Waals surface area contributed by atoms with E-state index in [0.717, 1.165) is 32.9 Å². The molecule has 36 heavy (non-hydrogen) atoms. The van der Waals surface area contributed by atoms with Crippen molar-refractivity contribution in [2.24, 2.45) is 0 Å². The molecule has 170 valence electrons. The Hall–Kier alpha value is -5.10. The number of hydrogen-bond donors (Lipinski definition) is 0. The number of carbonyl (C=O) groups excluding carboxylic acids is 2. The second kappa shape index (κ2) is 7.71. The number of nitrogens with zero attached hydrogens (tertiary/aromatic N) is 4. The van der Waals surface area contributed by atoms with Gasteiger partial charge in [0.1, 0.15) is 6.33 Å². The van der Waals surface area contributed by atoms with E-state index in [1.165, 1.54) is 11.2 Å². The lowest BCUT2D eigenvalue weighted by Crippen LogP contribution is -2.29. The highest BCUT2D eigenvalue weighted by molar-refractivity contribution is 6.35. The SMILES string of the molecule is O=C1c2cccc(-n3c4ccccc4c4cccc(-c5cncnc5)c43)c2C(=O)N1c1ccccc1. The second-order valence-corrected chi connectivity index (χ2v) is 8.66. The molecule has 6 nitrogen and oxygen atoms in total. The Morgan fingerprint density at radius 1 is 0.611 bits per heavy atom. The van der Waals surface area contributed by atoms with E-state index in [2.05, 4.69) is 26.7 Å². The molecule has 0 radical (unpaired) electrons. The van der Waals surface area contributed by atoms with Gasteiger partial charge in [-0.25, -0.2) is 14.9 Å². The summed E-state index contributed by atoms with van der Waals surface area (Å²) in [5, 5.41) is 2.10. The molecule has 1 aliphatic rings. The van der Waals surface area contributed by atoms with Gasteiger partial charge in [-0.05, 0) is 30.3 Å². The fraction of sp³-hybridized carbons (Fsp3) is 0. The lowest BCUT2D eigenvalue weighted by Gasteiger charge is -2.15. The molecule has 1 aliphatic heterocycles. The molecule has 6 aromatic rings. The van der Waals surface area contributed by atoms with E-state index in [4.69, 9.17) is 0 Å². The Balaban J connectivity index is 1.57. The van der Waals surface area contributed by atoms with Gasteiger partial charge in [-0.1, -0.05) is 60.7 Å². The van der Waals surface area contributed by atoms with Crippen LogP contribution in [0.5, 0.6) is 0 Å². The van der Waals surface area contributed by atoms with E-state index >= 15 is 0 Å². The Morgan fingerprint density at radius 3 is 2.14 bits per heavy atom. The molecule has 2 amide bonds. The number of imide groups is 1. The first-order chi connectivity index (χ1) is 17.7. The van der Waals surface area contributed by atoms with Crippen molar-refractivity contribution < 1.29 is 9.59 Å². The summed E-state index contributed by atoms with van der Waals surface area (Å²) in [4.78, 5) is 36.9. The minimum atomic E-state index is -0.330. The molecule has 0 saturated heterocycles. The summed E-state index contributed by atoms with van der Waals surface area (Å²) in [6.07, 6.45) is 5.07. The first-order valence-corrected chi connectivity index (χ1v) is 11.6. The van der Waals surface area contributed by atoms with E-state index in [9.17, 15) is 9.59 Å². The van der Waals surface area contributed by atoms with Crippen molar-refractivity contribution in [1.82, 2.24) is 14.5 Å². The maximum Gasteiger partial charge on any atom is 0.268 e. The van der Waals surface area contributed by atoms with Crippen molar-refractivity contribution in [3.05, 3.63) is 121 Å². The number of amides is 2. The number of para-hydroxylation sites is 3. The van der Waals surface area contributed by atoms with Gasteiger partial charge in [0.2, 0.25) is 0 Å². The minimum absolute atomic E-state index is 0.319. The Bertz CT molecular complexity index is 1820. The van der Waals surface area contributed by atoms with Crippen molar-refractivity contribution in [3.63, 3.8) is 0 Å². The number of benzene rings is 4. The summed E-state index contributed by atoms with van der Waals surface area (Å²) in [5.74, 6) is -0.649. The zero-order valence-corrected chi connectivity index (χ0v) is 19.0. The summed E-state index contributed by atoms with van der Waals surface area (Å²) >= 11 is 0. The molecule has 0 saturated carbocycles. The Labute approximate surface area is 206 Å². The van der Waals surface area contributed by atoms with Crippen LogP contribution in [-0.4, -0.2) is 26.3 Å². The third-order valence-corrected chi connectivity index (χ3v) is 6.71. The molecule has 0 unspecified atom stereocenters. The lowest BCUT2D eigenvalue weighted by atomic mass is 10.0. The molecule has 0 fully saturated rings. The van der Waals surface area contributed by atoms with Crippen molar-refractivity contribution in [3.8, 4) is 16.8 Å². The van der Waals surface area contributed by atoms with Crippen molar-refractivity contribution in [2.45, 2.75) is 0 Å². The average Bonchev–Trinajstić information content (AvgIpc) is 3.41. The van der Waals surface area contributed by atoms with E-state index < -0.39 is 0 Å². The van der Waals surface area contributed by atoms with Crippen LogP contribution < -0.4 is 4.90 Å². The van der Waals surface area contributed by atoms with Crippen molar-refractivity contribution >= 4 is 39.3 Å². The van der Waals surface area contributed by atoms with Gasteiger partial charge < -0.3 is 4.57 Å². The highest BCUT2D eigenvalue weighted by Crippen LogP contribution is 2.40. The van der Waals surface area contributed by atoms with Gasteiger partial charge in [0.05, 0.1) is 33.5 Å². The van der Waals surface area contributed by atoms with Crippen LogP contribution in [0.1, 0.15) is 20.7 Å². The largest absolute Gasteiger partial charge is 0.308 e. The molecule has 0 spiro atoms. The minimum Gasteiger partial charge on any atom is -0.308 e. The van der Waals surface area contributed by atoms with Gasteiger partial charge in [-0.2, -0.15) is 0 Å². The van der Waals surface area contributed by atoms with E-state index in [1.807, 2.05) is 60.7 Å². The van der Waals surface area contributed by atoms with Crippen molar-refractivity contribution in [2.75, 3.05) is 4.90 Å². The average molecular weight is 467 g/mol. The van der Waals surface area contributed by atoms with Gasteiger partial charge in [-0.15, -0.1) is 0 Å². The summed E-state index contributed by atoms with van der Waals surface area (Å²) < 4.78 is 2.09. The van der Waals surface area contributed by atoms with Crippen LogP contribution in [0.15, 0.2) is 110 Å². The second-order valence-electron chi connectivity index (χ2n) is 8.66. The number of anilines is 1. The third-order valence-electron chi connectivity index (χ3n) is 6.71. The van der Waals surface area contributed by atoms with Crippen LogP contribution in [0.4, 0.5) is 5.69 Å². The quantitative estimate of drug-likeness (QED) is 0.298. The predicted molar refractivity (Wildman–Crippen MR) is 139 cm³/mol. The summed E-state index contributed by atoms with van der Waals surface area (Å²) in [6, 6.07) is 28.7. The van der Waals surface area contributed by atoms with Crippen LogP contribution in [0.2, 0.25) is 0 Å². The monoisotopic (exact) mass is 466 g/mol. The fourth-order valence-electron chi connectivity index (χ4n) is 5.21. The number of carbonyl (C=O) groups is 2. The van der Waals surface area contributed by atoms with Gasteiger partial charge in [0, 0.05) is 34.3 Å².